The third-order valence-electron chi connectivity index (χ3n) is 3.26. The molecule has 1 heterocycles. The van der Waals surface area contributed by atoms with Gasteiger partial charge in [0.05, 0.1) is 17.7 Å². The van der Waals surface area contributed by atoms with E-state index in [0.717, 1.165) is 18.2 Å². The second kappa shape index (κ2) is 5.22. The van der Waals surface area contributed by atoms with Crippen LogP contribution in [0.3, 0.4) is 0 Å². The largest absolute Gasteiger partial charge is 0.387 e. The molecule has 0 aromatic heterocycles. The van der Waals surface area contributed by atoms with Crippen molar-refractivity contribution in [3.05, 3.63) is 35.4 Å². The van der Waals surface area contributed by atoms with E-state index >= 15 is 0 Å². The fourth-order valence-corrected chi connectivity index (χ4v) is 2.25. The van der Waals surface area contributed by atoms with Crippen LogP contribution < -0.4 is 5.32 Å². The normalized spacial score (nSPS) is 22.5. The molecule has 0 spiro atoms. The second-order valence-corrected chi connectivity index (χ2v) is 4.94. The standard InChI is InChI=1S/C13H16F2N2O2/c1-17(8-13(19)4-5-16-7-13)12(18)10-6-9(14)2-3-11(10)15/h2-3,6,16,19H,4-5,7-8H2,1H3. The zero-order chi connectivity index (χ0) is 14.0. The predicted molar refractivity (Wildman–Crippen MR) is 65.8 cm³/mol. The zero-order valence-corrected chi connectivity index (χ0v) is 10.6. The number of β-amino-alcohol motifs (C(OH)–C–C–N with tert-alkyl or cyclic N) is 1. The molecule has 1 unspecified atom stereocenters. The lowest BCUT2D eigenvalue weighted by molar-refractivity contribution is 0.0250. The van der Waals surface area contributed by atoms with Gasteiger partial charge in [0.25, 0.3) is 5.91 Å². The van der Waals surface area contributed by atoms with Crippen LogP contribution in [0.1, 0.15) is 16.8 Å². The highest BCUT2D eigenvalue weighted by molar-refractivity contribution is 5.94. The summed E-state index contributed by atoms with van der Waals surface area (Å²) in [5.41, 5.74) is -1.33. The van der Waals surface area contributed by atoms with Gasteiger partial charge in [0.2, 0.25) is 0 Å². The van der Waals surface area contributed by atoms with E-state index < -0.39 is 23.1 Å². The van der Waals surface area contributed by atoms with Crippen molar-refractivity contribution >= 4 is 5.91 Å². The second-order valence-electron chi connectivity index (χ2n) is 4.94. The van der Waals surface area contributed by atoms with Crippen LogP contribution in [0.5, 0.6) is 0 Å². The maximum Gasteiger partial charge on any atom is 0.256 e. The van der Waals surface area contributed by atoms with Crippen LogP contribution in [0, 0.1) is 11.6 Å². The van der Waals surface area contributed by atoms with E-state index in [9.17, 15) is 18.7 Å². The Balaban J connectivity index is 2.12. The predicted octanol–water partition coefficient (Wildman–Crippen LogP) is 0.761. The summed E-state index contributed by atoms with van der Waals surface area (Å²) in [6.07, 6.45) is 0.524. The molecule has 0 aliphatic carbocycles. The Morgan fingerprint density at radius 2 is 2.26 bits per heavy atom. The van der Waals surface area contributed by atoms with E-state index in [1.165, 1.54) is 11.9 Å². The van der Waals surface area contributed by atoms with Gasteiger partial charge < -0.3 is 15.3 Å². The molecule has 1 aliphatic heterocycles. The summed E-state index contributed by atoms with van der Waals surface area (Å²) < 4.78 is 26.6. The number of rotatable bonds is 3. The number of hydrogen-bond acceptors (Lipinski definition) is 3. The molecule has 0 bridgehead atoms. The third-order valence-corrected chi connectivity index (χ3v) is 3.26. The molecule has 19 heavy (non-hydrogen) atoms. The van der Waals surface area contributed by atoms with Crippen molar-refractivity contribution in [3.8, 4) is 0 Å². The highest BCUT2D eigenvalue weighted by Gasteiger charge is 2.34. The van der Waals surface area contributed by atoms with Gasteiger partial charge in [0, 0.05) is 13.6 Å². The Kier molecular flexibility index (Phi) is 3.82. The number of carbonyl (C=O) groups excluding carboxylic acids is 1. The van der Waals surface area contributed by atoms with Crippen LogP contribution in [0.25, 0.3) is 0 Å². The number of amides is 1. The summed E-state index contributed by atoms with van der Waals surface area (Å²) in [6, 6.07) is 2.74. The Hall–Kier alpha value is -1.53. The van der Waals surface area contributed by atoms with E-state index in [0.29, 0.717) is 19.5 Å². The van der Waals surface area contributed by atoms with Crippen molar-refractivity contribution < 1.29 is 18.7 Å². The van der Waals surface area contributed by atoms with Gasteiger partial charge in [0.1, 0.15) is 11.6 Å². The Bertz CT molecular complexity index is 488. The van der Waals surface area contributed by atoms with E-state index in [-0.39, 0.29) is 12.1 Å². The number of benzene rings is 1. The summed E-state index contributed by atoms with van der Waals surface area (Å²) >= 11 is 0. The first-order valence-corrected chi connectivity index (χ1v) is 6.05. The summed E-state index contributed by atoms with van der Waals surface area (Å²) in [7, 11) is 1.46. The molecular weight excluding hydrogens is 254 g/mol. The van der Waals surface area contributed by atoms with Gasteiger partial charge in [-0.05, 0) is 31.2 Å². The average molecular weight is 270 g/mol. The molecule has 0 saturated carbocycles. The van der Waals surface area contributed by atoms with Gasteiger partial charge in [-0.25, -0.2) is 8.78 Å². The van der Waals surface area contributed by atoms with E-state index in [2.05, 4.69) is 5.32 Å². The summed E-state index contributed by atoms with van der Waals surface area (Å²) in [5.74, 6) is -2.08. The minimum absolute atomic E-state index is 0.0782. The monoisotopic (exact) mass is 270 g/mol. The van der Waals surface area contributed by atoms with Crippen LogP contribution >= 0.6 is 0 Å². The van der Waals surface area contributed by atoms with E-state index in [4.69, 9.17) is 0 Å². The third kappa shape index (κ3) is 3.08. The fraction of sp³-hybridized carbons (Fsp3) is 0.462. The van der Waals surface area contributed by atoms with Gasteiger partial charge in [-0.1, -0.05) is 0 Å². The fourth-order valence-electron chi connectivity index (χ4n) is 2.25. The van der Waals surface area contributed by atoms with Crippen molar-refractivity contribution in [3.63, 3.8) is 0 Å². The molecule has 0 radical (unpaired) electrons. The van der Waals surface area contributed by atoms with Gasteiger partial charge in [-0.2, -0.15) is 0 Å². The lowest BCUT2D eigenvalue weighted by Crippen LogP contribution is -2.45. The first kappa shape index (κ1) is 13.9. The smallest absolute Gasteiger partial charge is 0.256 e. The number of nitrogens with zero attached hydrogens (tertiary/aromatic N) is 1. The zero-order valence-electron chi connectivity index (χ0n) is 10.6. The van der Waals surface area contributed by atoms with Crippen LogP contribution in [-0.2, 0) is 0 Å². The molecule has 104 valence electrons. The number of halogens is 2. The van der Waals surface area contributed by atoms with E-state index in [1.807, 2.05) is 0 Å². The van der Waals surface area contributed by atoms with Gasteiger partial charge in [-0.3, -0.25) is 4.79 Å². The van der Waals surface area contributed by atoms with Crippen molar-refractivity contribution in [1.29, 1.82) is 0 Å². The molecular formula is C13H16F2N2O2. The number of carbonyl (C=O) groups is 1. The highest BCUT2D eigenvalue weighted by Crippen LogP contribution is 2.18. The molecule has 2 rings (SSSR count). The van der Waals surface area contributed by atoms with Gasteiger partial charge in [-0.15, -0.1) is 0 Å². The van der Waals surface area contributed by atoms with Crippen molar-refractivity contribution in [2.75, 3.05) is 26.7 Å². The Morgan fingerprint density at radius 1 is 1.53 bits per heavy atom. The molecule has 1 aromatic rings. The Morgan fingerprint density at radius 3 is 2.89 bits per heavy atom. The van der Waals surface area contributed by atoms with Crippen LogP contribution in [-0.4, -0.2) is 48.2 Å². The quantitative estimate of drug-likeness (QED) is 0.852. The van der Waals surface area contributed by atoms with Crippen molar-refractivity contribution in [1.82, 2.24) is 10.2 Å². The summed E-state index contributed by atoms with van der Waals surface area (Å²) in [6.45, 7) is 1.14. The first-order valence-electron chi connectivity index (χ1n) is 6.05. The number of aliphatic hydroxyl groups is 1. The number of hydrogen-bond donors (Lipinski definition) is 2. The molecule has 1 atom stereocenters. The maximum atomic E-state index is 13.5. The molecule has 4 nitrogen and oxygen atoms in total. The lowest BCUT2D eigenvalue weighted by Gasteiger charge is -2.28. The molecule has 6 heteroatoms. The van der Waals surface area contributed by atoms with Crippen LogP contribution in [0.4, 0.5) is 8.78 Å². The molecule has 1 saturated heterocycles. The number of nitrogens with one attached hydrogen (secondary N) is 1. The first-order chi connectivity index (χ1) is 8.91. The molecule has 1 amide bonds. The van der Waals surface area contributed by atoms with Crippen LogP contribution in [0.2, 0.25) is 0 Å². The van der Waals surface area contributed by atoms with E-state index in [1.54, 1.807) is 0 Å². The molecule has 1 aromatic carbocycles. The van der Waals surface area contributed by atoms with Crippen molar-refractivity contribution in [2.45, 2.75) is 12.0 Å². The van der Waals surface area contributed by atoms with Crippen molar-refractivity contribution in [2.24, 2.45) is 0 Å². The van der Waals surface area contributed by atoms with Gasteiger partial charge in [0.15, 0.2) is 0 Å². The van der Waals surface area contributed by atoms with Gasteiger partial charge >= 0.3 is 0 Å². The van der Waals surface area contributed by atoms with Crippen LogP contribution in [0.15, 0.2) is 18.2 Å². The SMILES string of the molecule is CN(CC1(O)CCNC1)C(=O)c1cc(F)ccc1F. The molecule has 1 fully saturated rings. The molecule has 1 aliphatic rings. The Labute approximate surface area is 110 Å². The highest BCUT2D eigenvalue weighted by atomic mass is 19.1. The minimum Gasteiger partial charge on any atom is -0.387 e. The lowest BCUT2D eigenvalue weighted by atomic mass is 10.0. The summed E-state index contributed by atoms with van der Waals surface area (Å²) in [5, 5.41) is 13.2. The summed E-state index contributed by atoms with van der Waals surface area (Å²) in [4.78, 5) is 13.2. The maximum absolute atomic E-state index is 13.5. The minimum atomic E-state index is -1.01. The topological polar surface area (TPSA) is 52.6 Å². The average Bonchev–Trinajstić information content (AvgIpc) is 2.78. The molecule has 2 N–H and O–H groups in total. The number of likely N-dealkylation sites (N-methyl/N-ethyl adjacent to an activating group) is 1.